The van der Waals surface area contributed by atoms with E-state index in [1.165, 1.54) is 7.11 Å². The van der Waals surface area contributed by atoms with Gasteiger partial charge in [-0.2, -0.15) is 0 Å². The zero-order valence-corrected chi connectivity index (χ0v) is 11.5. The molecule has 96 valence electrons. The summed E-state index contributed by atoms with van der Waals surface area (Å²) in [6, 6.07) is 3.66. The second kappa shape index (κ2) is 5.88. The number of aromatic nitrogens is 2. The Bertz CT molecular complexity index is 514. The van der Waals surface area contributed by atoms with Crippen LogP contribution in [0.2, 0.25) is 0 Å². The van der Waals surface area contributed by atoms with E-state index in [9.17, 15) is 5.11 Å². The third-order valence-corrected chi connectivity index (χ3v) is 3.11. The summed E-state index contributed by atoms with van der Waals surface area (Å²) in [6.45, 7) is 1.38. The molecule has 0 radical (unpaired) electrons. The van der Waals surface area contributed by atoms with Gasteiger partial charge in [-0.15, -0.1) is 0 Å². The highest BCUT2D eigenvalue weighted by Crippen LogP contribution is 2.35. The zero-order chi connectivity index (χ0) is 13.0. The lowest BCUT2D eigenvalue weighted by molar-refractivity contribution is 0.371. The summed E-state index contributed by atoms with van der Waals surface area (Å²) >= 11 is 3.29. The number of nitrogens with zero attached hydrogens (tertiary/aromatic N) is 1. The molecular formula is C12H14BrN3O2. The molecule has 5 nitrogen and oxygen atoms in total. The van der Waals surface area contributed by atoms with Crippen LogP contribution < -0.4 is 10.1 Å². The van der Waals surface area contributed by atoms with E-state index in [2.05, 4.69) is 31.2 Å². The van der Waals surface area contributed by atoms with Crippen LogP contribution in [0.5, 0.6) is 11.5 Å². The summed E-state index contributed by atoms with van der Waals surface area (Å²) in [6.07, 6.45) is 3.43. The van der Waals surface area contributed by atoms with Crippen LogP contribution in [0, 0.1) is 0 Å². The molecule has 0 spiro atoms. The number of rotatable bonds is 5. The van der Waals surface area contributed by atoms with Crippen molar-refractivity contribution in [3.63, 3.8) is 0 Å². The fourth-order valence-corrected chi connectivity index (χ4v) is 2.10. The lowest BCUT2D eigenvalue weighted by Gasteiger charge is -2.09. The molecule has 6 heteroatoms. The third kappa shape index (κ3) is 3.02. The molecular weight excluding hydrogens is 298 g/mol. The molecule has 0 aliphatic carbocycles. The predicted molar refractivity (Wildman–Crippen MR) is 71.5 cm³/mol. The van der Waals surface area contributed by atoms with Crippen LogP contribution in [-0.4, -0.2) is 22.2 Å². The van der Waals surface area contributed by atoms with Gasteiger partial charge in [0, 0.05) is 25.0 Å². The molecule has 0 aliphatic heterocycles. The van der Waals surface area contributed by atoms with Crippen LogP contribution in [0.15, 0.2) is 29.1 Å². The topological polar surface area (TPSA) is 70.2 Å². The molecule has 0 saturated heterocycles. The first kappa shape index (κ1) is 12.9. The molecule has 0 bridgehead atoms. The number of methoxy groups -OCH3 is 1. The monoisotopic (exact) mass is 311 g/mol. The van der Waals surface area contributed by atoms with Crippen molar-refractivity contribution in [2.75, 3.05) is 7.11 Å². The Balaban J connectivity index is 1.99. The number of aromatic amines is 1. The Morgan fingerprint density at radius 1 is 1.44 bits per heavy atom. The maximum Gasteiger partial charge on any atom is 0.172 e. The normalized spacial score (nSPS) is 10.6. The largest absolute Gasteiger partial charge is 0.503 e. The van der Waals surface area contributed by atoms with E-state index in [0.717, 1.165) is 11.3 Å². The minimum Gasteiger partial charge on any atom is -0.503 e. The minimum atomic E-state index is 0.120. The number of aromatic hydroxyl groups is 1. The van der Waals surface area contributed by atoms with Gasteiger partial charge in [-0.3, -0.25) is 0 Å². The van der Waals surface area contributed by atoms with Gasteiger partial charge in [-0.05, 0) is 33.6 Å². The van der Waals surface area contributed by atoms with Crippen LogP contribution in [-0.2, 0) is 13.1 Å². The van der Waals surface area contributed by atoms with Crippen molar-refractivity contribution >= 4 is 15.9 Å². The molecule has 0 atom stereocenters. The van der Waals surface area contributed by atoms with Gasteiger partial charge in [-0.25, -0.2) is 4.98 Å². The highest BCUT2D eigenvalue weighted by Gasteiger charge is 2.08. The smallest absolute Gasteiger partial charge is 0.172 e. The lowest BCUT2D eigenvalue weighted by Crippen LogP contribution is -2.13. The first-order valence-electron chi connectivity index (χ1n) is 5.44. The molecule has 3 N–H and O–H groups in total. The second-order valence-corrected chi connectivity index (χ2v) is 4.66. The van der Waals surface area contributed by atoms with Crippen molar-refractivity contribution in [1.82, 2.24) is 15.3 Å². The number of halogens is 1. The molecule has 18 heavy (non-hydrogen) atoms. The van der Waals surface area contributed by atoms with Gasteiger partial charge in [0.05, 0.1) is 17.9 Å². The standard InChI is InChI=1S/C12H14BrN3O2/c1-18-11-3-8(2-10(13)12(11)17)4-14-5-9-6-15-7-16-9/h2-3,6-7,14,17H,4-5H2,1H3,(H,15,16). The van der Waals surface area contributed by atoms with E-state index in [1.54, 1.807) is 18.6 Å². The number of ether oxygens (including phenoxy) is 1. The van der Waals surface area contributed by atoms with Gasteiger partial charge in [0.15, 0.2) is 11.5 Å². The number of benzene rings is 1. The highest BCUT2D eigenvalue weighted by atomic mass is 79.9. The number of phenols is 1. The summed E-state index contributed by atoms with van der Waals surface area (Å²) in [5, 5.41) is 13.0. The summed E-state index contributed by atoms with van der Waals surface area (Å²) in [5.41, 5.74) is 2.05. The lowest BCUT2D eigenvalue weighted by atomic mass is 10.2. The van der Waals surface area contributed by atoms with Crippen LogP contribution in [0.1, 0.15) is 11.3 Å². The number of hydrogen-bond acceptors (Lipinski definition) is 4. The molecule has 0 aliphatic rings. The van der Waals surface area contributed by atoms with Gasteiger partial charge in [0.1, 0.15) is 0 Å². The van der Waals surface area contributed by atoms with Crippen LogP contribution in [0.3, 0.4) is 0 Å². The van der Waals surface area contributed by atoms with Gasteiger partial charge in [0.2, 0.25) is 0 Å². The van der Waals surface area contributed by atoms with Crippen LogP contribution >= 0.6 is 15.9 Å². The Labute approximate surface area is 113 Å². The Hall–Kier alpha value is -1.53. The van der Waals surface area contributed by atoms with Crippen LogP contribution in [0.4, 0.5) is 0 Å². The number of hydrogen-bond donors (Lipinski definition) is 3. The number of phenolic OH excluding ortho intramolecular Hbond substituents is 1. The van der Waals surface area contributed by atoms with E-state index in [0.29, 0.717) is 23.3 Å². The summed E-state index contributed by atoms with van der Waals surface area (Å²) in [5.74, 6) is 0.581. The van der Waals surface area contributed by atoms with E-state index in [4.69, 9.17) is 4.74 Å². The molecule has 0 amide bonds. The molecule has 1 aromatic carbocycles. The Morgan fingerprint density at radius 2 is 2.28 bits per heavy atom. The van der Waals surface area contributed by atoms with Gasteiger partial charge >= 0.3 is 0 Å². The number of H-pyrrole nitrogens is 1. The molecule has 2 aromatic rings. The van der Waals surface area contributed by atoms with E-state index in [-0.39, 0.29) is 5.75 Å². The SMILES string of the molecule is COc1cc(CNCc2cnc[nH]2)cc(Br)c1O. The minimum absolute atomic E-state index is 0.120. The first-order chi connectivity index (χ1) is 8.70. The van der Waals surface area contributed by atoms with E-state index >= 15 is 0 Å². The molecule has 2 rings (SSSR count). The Kier molecular flexibility index (Phi) is 4.22. The van der Waals surface area contributed by atoms with Crippen molar-refractivity contribution in [3.05, 3.63) is 40.4 Å². The van der Waals surface area contributed by atoms with Crippen LogP contribution in [0.25, 0.3) is 0 Å². The van der Waals surface area contributed by atoms with Crippen molar-refractivity contribution < 1.29 is 9.84 Å². The average molecular weight is 312 g/mol. The molecule has 0 unspecified atom stereocenters. The predicted octanol–water partition coefficient (Wildman–Crippen LogP) is 2.18. The van der Waals surface area contributed by atoms with E-state index in [1.807, 2.05) is 6.07 Å². The second-order valence-electron chi connectivity index (χ2n) is 3.81. The summed E-state index contributed by atoms with van der Waals surface area (Å²) < 4.78 is 5.72. The Morgan fingerprint density at radius 3 is 2.94 bits per heavy atom. The van der Waals surface area contributed by atoms with Crippen molar-refractivity contribution in [2.24, 2.45) is 0 Å². The maximum atomic E-state index is 9.69. The van der Waals surface area contributed by atoms with Crippen molar-refractivity contribution in [3.8, 4) is 11.5 Å². The molecule has 0 fully saturated rings. The fraction of sp³-hybridized carbons (Fsp3) is 0.250. The maximum absolute atomic E-state index is 9.69. The average Bonchev–Trinajstić information content (AvgIpc) is 2.86. The summed E-state index contributed by atoms with van der Waals surface area (Å²) in [7, 11) is 1.53. The van der Waals surface area contributed by atoms with Gasteiger partial charge < -0.3 is 20.1 Å². The third-order valence-electron chi connectivity index (χ3n) is 2.51. The van der Waals surface area contributed by atoms with Gasteiger partial charge in [0.25, 0.3) is 0 Å². The molecule has 1 heterocycles. The number of nitrogens with one attached hydrogen (secondary N) is 2. The number of imidazole rings is 1. The van der Waals surface area contributed by atoms with Gasteiger partial charge in [-0.1, -0.05) is 0 Å². The fourth-order valence-electron chi connectivity index (χ4n) is 1.61. The molecule has 1 aromatic heterocycles. The zero-order valence-electron chi connectivity index (χ0n) is 9.90. The molecule has 0 saturated carbocycles. The first-order valence-corrected chi connectivity index (χ1v) is 6.23. The van der Waals surface area contributed by atoms with E-state index < -0.39 is 0 Å². The highest BCUT2D eigenvalue weighted by molar-refractivity contribution is 9.10. The quantitative estimate of drug-likeness (QED) is 0.791. The van der Waals surface area contributed by atoms with Crippen molar-refractivity contribution in [2.45, 2.75) is 13.1 Å². The summed E-state index contributed by atoms with van der Waals surface area (Å²) in [4.78, 5) is 6.96. The van der Waals surface area contributed by atoms with Crippen molar-refractivity contribution in [1.29, 1.82) is 0 Å².